The van der Waals surface area contributed by atoms with E-state index in [2.05, 4.69) is 106 Å². The molecule has 0 bridgehead atoms. The average Bonchev–Trinajstić information content (AvgIpc) is 3.30. The summed E-state index contributed by atoms with van der Waals surface area (Å²) in [6.07, 6.45) is 68.5. The van der Waals surface area contributed by atoms with Gasteiger partial charge in [0.2, 0.25) is 0 Å². The van der Waals surface area contributed by atoms with E-state index in [0.29, 0.717) is 19.3 Å². The van der Waals surface area contributed by atoms with E-state index in [1.807, 2.05) is 0 Å². The highest BCUT2D eigenvalue weighted by Gasteiger charge is 2.19. The lowest BCUT2D eigenvalue weighted by Crippen LogP contribution is -2.30. The molecule has 0 unspecified atom stereocenters. The zero-order chi connectivity index (χ0) is 47.2. The van der Waals surface area contributed by atoms with Gasteiger partial charge in [0, 0.05) is 19.3 Å². The van der Waals surface area contributed by atoms with Gasteiger partial charge in [-0.3, -0.25) is 14.4 Å². The first kappa shape index (κ1) is 61.6. The molecule has 0 fully saturated rings. The third-order valence-corrected chi connectivity index (χ3v) is 11.4. The highest BCUT2D eigenvalue weighted by molar-refractivity contribution is 5.71. The van der Waals surface area contributed by atoms with Gasteiger partial charge in [0.15, 0.2) is 6.10 Å². The molecule has 0 spiro atoms. The summed E-state index contributed by atoms with van der Waals surface area (Å²) >= 11 is 0. The number of hydrogen-bond acceptors (Lipinski definition) is 6. The quantitative estimate of drug-likeness (QED) is 0.0262. The smallest absolute Gasteiger partial charge is 0.306 e. The summed E-state index contributed by atoms with van der Waals surface area (Å²) in [5.41, 5.74) is 0. The molecule has 0 amide bonds. The van der Waals surface area contributed by atoms with Crippen LogP contribution in [0.5, 0.6) is 0 Å². The molecule has 0 aromatic carbocycles. The molecule has 0 aliphatic rings. The van der Waals surface area contributed by atoms with Gasteiger partial charge < -0.3 is 14.2 Å². The van der Waals surface area contributed by atoms with Crippen molar-refractivity contribution in [2.24, 2.45) is 0 Å². The summed E-state index contributed by atoms with van der Waals surface area (Å²) in [6.45, 7) is 6.52. The van der Waals surface area contributed by atoms with Crippen molar-refractivity contribution in [1.82, 2.24) is 0 Å². The molecule has 0 heterocycles. The Morgan fingerprint density at radius 1 is 0.308 bits per heavy atom. The second-order valence-electron chi connectivity index (χ2n) is 17.8. The van der Waals surface area contributed by atoms with Crippen molar-refractivity contribution in [3.8, 4) is 0 Å². The van der Waals surface area contributed by atoms with E-state index in [4.69, 9.17) is 14.2 Å². The van der Waals surface area contributed by atoms with Crippen LogP contribution >= 0.6 is 0 Å². The van der Waals surface area contributed by atoms with Gasteiger partial charge in [0.05, 0.1) is 0 Å². The van der Waals surface area contributed by atoms with E-state index in [-0.39, 0.29) is 37.5 Å². The number of hydrogen-bond donors (Lipinski definition) is 0. The average molecular weight is 905 g/mol. The Kier molecular flexibility index (Phi) is 50.4. The molecule has 0 rings (SSSR count). The number of ether oxygens (including phenoxy) is 3. The van der Waals surface area contributed by atoms with Crippen LogP contribution in [0, 0.1) is 0 Å². The largest absolute Gasteiger partial charge is 0.462 e. The molecule has 372 valence electrons. The summed E-state index contributed by atoms with van der Waals surface area (Å²) in [7, 11) is 0. The standard InChI is InChI=1S/C59H100O6/c1-4-7-10-13-16-19-22-25-27-29-31-34-37-40-43-46-49-52-58(61)64-55-56(54-63-57(60)51-48-45-42-39-36-33-24-21-18-15-12-9-6-3)65-59(62)53-50-47-44-41-38-35-32-30-28-26-23-20-17-14-11-8-5-2/h16-17,19-20,25-28,31-32,34-35,41,44,56H,4-15,18,21-24,29-30,33,36-40,42-43,45-55H2,1-3H3/b19-16-,20-17-,27-25-,28-26-,34-31-,35-32-,44-41-/t56-/m0/s1. The Balaban J connectivity index is 4.51. The topological polar surface area (TPSA) is 78.9 Å². The van der Waals surface area contributed by atoms with E-state index < -0.39 is 6.10 Å². The molecule has 0 aromatic heterocycles. The third kappa shape index (κ3) is 51.4. The number of carbonyl (C=O) groups excluding carboxylic acids is 3. The molecule has 1 atom stereocenters. The van der Waals surface area contributed by atoms with Crippen LogP contribution in [-0.2, 0) is 28.6 Å². The molecular formula is C59H100O6. The molecule has 0 aliphatic heterocycles. The van der Waals surface area contributed by atoms with Gasteiger partial charge in [-0.2, -0.15) is 0 Å². The first-order valence-corrected chi connectivity index (χ1v) is 27.1. The fraction of sp³-hybridized carbons (Fsp3) is 0.712. The molecule has 0 radical (unpaired) electrons. The Morgan fingerprint density at radius 3 is 0.938 bits per heavy atom. The summed E-state index contributed by atoms with van der Waals surface area (Å²) in [5, 5.41) is 0. The zero-order valence-corrected chi connectivity index (χ0v) is 42.5. The van der Waals surface area contributed by atoms with E-state index in [9.17, 15) is 14.4 Å². The van der Waals surface area contributed by atoms with Crippen molar-refractivity contribution in [3.63, 3.8) is 0 Å². The zero-order valence-electron chi connectivity index (χ0n) is 42.5. The molecule has 6 nitrogen and oxygen atoms in total. The lowest BCUT2D eigenvalue weighted by molar-refractivity contribution is -0.167. The number of rotatable bonds is 48. The van der Waals surface area contributed by atoms with Crippen LogP contribution < -0.4 is 0 Å². The fourth-order valence-corrected chi connectivity index (χ4v) is 7.26. The predicted molar refractivity (Wildman–Crippen MR) is 279 cm³/mol. The maximum absolute atomic E-state index is 12.8. The summed E-state index contributed by atoms with van der Waals surface area (Å²) in [4.78, 5) is 38.0. The van der Waals surface area contributed by atoms with Crippen molar-refractivity contribution >= 4 is 17.9 Å². The molecular weight excluding hydrogens is 805 g/mol. The van der Waals surface area contributed by atoms with E-state index >= 15 is 0 Å². The lowest BCUT2D eigenvalue weighted by Gasteiger charge is -2.18. The Hall–Kier alpha value is -3.41. The summed E-state index contributed by atoms with van der Waals surface area (Å²) < 4.78 is 16.8. The van der Waals surface area contributed by atoms with Gasteiger partial charge in [0.1, 0.15) is 13.2 Å². The third-order valence-electron chi connectivity index (χ3n) is 11.4. The minimum Gasteiger partial charge on any atom is -0.462 e. The molecule has 65 heavy (non-hydrogen) atoms. The summed E-state index contributed by atoms with van der Waals surface area (Å²) in [6, 6.07) is 0. The van der Waals surface area contributed by atoms with Crippen LogP contribution in [0.3, 0.4) is 0 Å². The fourth-order valence-electron chi connectivity index (χ4n) is 7.26. The maximum Gasteiger partial charge on any atom is 0.306 e. The minimum atomic E-state index is -0.813. The molecule has 0 aliphatic carbocycles. The Morgan fingerprint density at radius 2 is 0.569 bits per heavy atom. The number of unbranched alkanes of at least 4 members (excludes halogenated alkanes) is 23. The van der Waals surface area contributed by atoms with E-state index in [0.717, 1.165) is 89.9 Å². The monoisotopic (exact) mass is 905 g/mol. The normalized spacial score (nSPS) is 12.7. The molecule has 0 saturated heterocycles. The van der Waals surface area contributed by atoms with Crippen molar-refractivity contribution in [2.45, 2.75) is 258 Å². The predicted octanol–water partition coefficient (Wildman–Crippen LogP) is 18.0. The van der Waals surface area contributed by atoms with Crippen LogP contribution in [0.1, 0.15) is 252 Å². The van der Waals surface area contributed by atoms with Crippen molar-refractivity contribution in [1.29, 1.82) is 0 Å². The Bertz CT molecular complexity index is 1270. The van der Waals surface area contributed by atoms with Crippen molar-refractivity contribution < 1.29 is 28.6 Å². The molecule has 0 N–H and O–H groups in total. The van der Waals surface area contributed by atoms with E-state index in [1.54, 1.807) is 0 Å². The van der Waals surface area contributed by atoms with Gasteiger partial charge in [0.25, 0.3) is 0 Å². The van der Waals surface area contributed by atoms with Crippen LogP contribution in [0.15, 0.2) is 85.1 Å². The van der Waals surface area contributed by atoms with Crippen LogP contribution in [-0.4, -0.2) is 37.2 Å². The molecule has 0 aromatic rings. The highest BCUT2D eigenvalue weighted by Crippen LogP contribution is 2.14. The molecule has 6 heteroatoms. The minimum absolute atomic E-state index is 0.104. The first-order valence-electron chi connectivity index (χ1n) is 27.1. The second-order valence-corrected chi connectivity index (χ2v) is 17.8. The van der Waals surface area contributed by atoms with Crippen LogP contribution in [0.4, 0.5) is 0 Å². The van der Waals surface area contributed by atoms with Gasteiger partial charge in [-0.05, 0) is 96.3 Å². The van der Waals surface area contributed by atoms with Crippen LogP contribution in [0.2, 0.25) is 0 Å². The van der Waals surface area contributed by atoms with E-state index in [1.165, 1.54) is 116 Å². The molecule has 0 saturated carbocycles. The highest BCUT2D eigenvalue weighted by atomic mass is 16.6. The number of allylic oxidation sites excluding steroid dienone is 14. The van der Waals surface area contributed by atoms with Gasteiger partial charge >= 0.3 is 17.9 Å². The van der Waals surface area contributed by atoms with Gasteiger partial charge in [-0.25, -0.2) is 0 Å². The second kappa shape index (κ2) is 53.2. The SMILES string of the molecule is CCCCC/C=C\C/C=C\C/C=C\C/C=C\CCCC(=O)O[C@H](COC(=O)CCCCCC/C=C\C/C=C\C/C=C\CCCCC)COC(=O)CCCCCCCCCCCCCCC. The summed E-state index contributed by atoms with van der Waals surface area (Å²) in [5.74, 6) is -0.981. The van der Waals surface area contributed by atoms with Crippen molar-refractivity contribution in [3.05, 3.63) is 85.1 Å². The maximum atomic E-state index is 12.8. The number of carbonyl (C=O) groups is 3. The van der Waals surface area contributed by atoms with Gasteiger partial charge in [-0.1, -0.05) is 221 Å². The Labute approximate surface area is 401 Å². The van der Waals surface area contributed by atoms with Crippen LogP contribution in [0.25, 0.3) is 0 Å². The van der Waals surface area contributed by atoms with Crippen molar-refractivity contribution in [2.75, 3.05) is 13.2 Å². The first-order chi connectivity index (χ1) is 32.0. The lowest BCUT2D eigenvalue weighted by atomic mass is 10.0. The number of esters is 3. The van der Waals surface area contributed by atoms with Gasteiger partial charge in [-0.15, -0.1) is 0 Å².